The summed E-state index contributed by atoms with van der Waals surface area (Å²) in [5.41, 5.74) is 0.613. The van der Waals surface area contributed by atoms with Crippen molar-refractivity contribution in [2.24, 2.45) is 0 Å². The first kappa shape index (κ1) is 14.5. The lowest BCUT2D eigenvalue weighted by molar-refractivity contribution is -0.0510. The smallest absolute Gasteiger partial charge is 0.387 e. The van der Waals surface area contributed by atoms with E-state index >= 15 is 0 Å². The van der Waals surface area contributed by atoms with Crippen molar-refractivity contribution < 1.29 is 18.6 Å². The van der Waals surface area contributed by atoms with Crippen molar-refractivity contribution in [3.63, 3.8) is 0 Å². The molecule has 1 fully saturated rings. The van der Waals surface area contributed by atoms with E-state index in [-0.39, 0.29) is 11.9 Å². The minimum atomic E-state index is -2.85. The molecule has 0 radical (unpaired) electrons. The van der Waals surface area contributed by atoms with E-state index in [2.05, 4.69) is 4.74 Å². The zero-order chi connectivity index (χ0) is 13.8. The van der Waals surface area contributed by atoms with Crippen molar-refractivity contribution in [3.8, 4) is 5.75 Å². The predicted octanol–water partition coefficient (Wildman–Crippen LogP) is 2.90. The van der Waals surface area contributed by atoms with E-state index in [0.29, 0.717) is 23.7 Å². The van der Waals surface area contributed by atoms with Crippen molar-refractivity contribution in [3.05, 3.63) is 28.8 Å². The fraction of sp³-hybridized carbons (Fsp3) is 0.538. The molecule has 3 nitrogen and oxygen atoms in total. The summed E-state index contributed by atoms with van der Waals surface area (Å²) >= 11 is 5.89. The summed E-state index contributed by atoms with van der Waals surface area (Å²) in [6, 6.07) is 4.60. The molecular formula is C13H16ClF2NO2. The predicted molar refractivity (Wildman–Crippen MR) is 68.6 cm³/mol. The van der Waals surface area contributed by atoms with Crippen molar-refractivity contribution in [2.75, 3.05) is 13.1 Å². The molecule has 1 aromatic rings. The van der Waals surface area contributed by atoms with Crippen LogP contribution < -0.4 is 4.74 Å². The lowest BCUT2D eigenvalue weighted by atomic mass is 10.1. The van der Waals surface area contributed by atoms with Gasteiger partial charge in [0.25, 0.3) is 0 Å². The van der Waals surface area contributed by atoms with Crippen molar-refractivity contribution in [1.82, 2.24) is 4.90 Å². The number of likely N-dealkylation sites (tertiary alicyclic amines) is 1. The molecule has 1 saturated heterocycles. The van der Waals surface area contributed by atoms with Crippen LogP contribution in [0, 0.1) is 0 Å². The van der Waals surface area contributed by atoms with Gasteiger partial charge in [-0.3, -0.25) is 4.90 Å². The van der Waals surface area contributed by atoms with Gasteiger partial charge >= 0.3 is 6.61 Å². The maximum Gasteiger partial charge on any atom is 0.387 e. The number of aliphatic hydroxyl groups is 1. The number of nitrogens with zero attached hydrogens (tertiary/aromatic N) is 1. The fourth-order valence-electron chi connectivity index (χ4n) is 2.30. The first-order valence-corrected chi connectivity index (χ1v) is 6.56. The number of piperidine rings is 1. The zero-order valence-corrected chi connectivity index (χ0v) is 11.1. The quantitative estimate of drug-likeness (QED) is 0.926. The Balaban J connectivity index is 2.10. The van der Waals surface area contributed by atoms with Gasteiger partial charge in [-0.05, 0) is 37.6 Å². The van der Waals surface area contributed by atoms with Crippen LogP contribution in [0.1, 0.15) is 18.4 Å². The lowest BCUT2D eigenvalue weighted by Gasteiger charge is -2.30. The zero-order valence-electron chi connectivity index (χ0n) is 10.4. The van der Waals surface area contributed by atoms with E-state index < -0.39 is 6.61 Å². The maximum absolute atomic E-state index is 12.3. The van der Waals surface area contributed by atoms with Crippen molar-refractivity contribution in [1.29, 1.82) is 0 Å². The molecule has 6 heteroatoms. The number of ether oxygens (including phenoxy) is 1. The van der Waals surface area contributed by atoms with Crippen LogP contribution in [0.5, 0.6) is 5.75 Å². The Bertz CT molecular complexity index is 431. The van der Waals surface area contributed by atoms with Crippen LogP contribution in [-0.2, 0) is 6.54 Å². The molecule has 1 aromatic carbocycles. The molecular weight excluding hydrogens is 276 g/mol. The Morgan fingerprint density at radius 1 is 1.47 bits per heavy atom. The third kappa shape index (κ3) is 4.30. The summed E-state index contributed by atoms with van der Waals surface area (Å²) in [4.78, 5) is 2.01. The fourth-order valence-corrected chi connectivity index (χ4v) is 2.49. The minimum absolute atomic E-state index is 0.138. The number of hydrogen-bond acceptors (Lipinski definition) is 3. The summed E-state index contributed by atoms with van der Waals surface area (Å²) in [7, 11) is 0. The molecule has 106 valence electrons. The highest BCUT2D eigenvalue weighted by molar-refractivity contribution is 6.30. The molecule has 0 saturated carbocycles. The number of benzene rings is 1. The summed E-state index contributed by atoms with van der Waals surface area (Å²) in [6.07, 6.45) is 1.33. The van der Waals surface area contributed by atoms with Gasteiger partial charge in [-0.1, -0.05) is 11.6 Å². The Labute approximate surface area is 115 Å². The highest BCUT2D eigenvalue weighted by Crippen LogP contribution is 2.26. The molecule has 0 amide bonds. The van der Waals surface area contributed by atoms with Crippen LogP contribution in [0.25, 0.3) is 0 Å². The lowest BCUT2D eigenvalue weighted by Crippen LogP contribution is -2.37. The standard InChI is InChI=1S/C13H16ClF2NO2/c14-10-3-4-12(19-13(15)16)9(6-10)7-17-5-1-2-11(18)8-17/h3-4,6,11,13,18H,1-2,5,7-8H2/t11-/m0/s1. The van der Waals surface area contributed by atoms with Crippen molar-refractivity contribution in [2.45, 2.75) is 32.1 Å². The van der Waals surface area contributed by atoms with E-state index in [0.717, 1.165) is 19.4 Å². The number of β-amino-alcohol motifs (C(OH)–C–C–N with tert-alkyl or cyclic N) is 1. The van der Waals surface area contributed by atoms with Gasteiger partial charge in [-0.2, -0.15) is 8.78 Å². The monoisotopic (exact) mass is 291 g/mol. The minimum Gasteiger partial charge on any atom is -0.434 e. The van der Waals surface area contributed by atoms with Gasteiger partial charge in [-0.25, -0.2) is 0 Å². The third-order valence-electron chi connectivity index (χ3n) is 3.11. The SMILES string of the molecule is O[C@H]1CCCN(Cc2cc(Cl)ccc2OC(F)F)C1. The molecule has 1 aliphatic rings. The molecule has 0 aliphatic carbocycles. The Morgan fingerprint density at radius 2 is 2.26 bits per heavy atom. The largest absolute Gasteiger partial charge is 0.434 e. The second kappa shape index (κ2) is 6.50. The molecule has 1 atom stereocenters. The van der Waals surface area contributed by atoms with Crippen LogP contribution in [-0.4, -0.2) is 35.8 Å². The molecule has 0 aromatic heterocycles. The Morgan fingerprint density at radius 3 is 2.95 bits per heavy atom. The van der Waals surface area contributed by atoms with Crippen LogP contribution in [0.2, 0.25) is 5.02 Å². The van der Waals surface area contributed by atoms with E-state index in [9.17, 15) is 13.9 Å². The maximum atomic E-state index is 12.3. The molecule has 0 unspecified atom stereocenters. The van der Waals surface area contributed by atoms with Gasteiger partial charge in [0, 0.05) is 23.7 Å². The molecule has 0 bridgehead atoms. The number of aliphatic hydroxyl groups excluding tert-OH is 1. The molecule has 0 spiro atoms. The Kier molecular flexibility index (Phi) is 4.96. The third-order valence-corrected chi connectivity index (χ3v) is 3.35. The molecule has 1 N–H and O–H groups in total. The van der Waals surface area contributed by atoms with Crippen LogP contribution in [0.3, 0.4) is 0 Å². The number of alkyl halides is 2. The summed E-state index contributed by atoms with van der Waals surface area (Å²) < 4.78 is 29.2. The molecule has 1 aliphatic heterocycles. The van der Waals surface area contributed by atoms with E-state index in [4.69, 9.17) is 11.6 Å². The Hall–Kier alpha value is -0.910. The van der Waals surface area contributed by atoms with E-state index in [1.165, 1.54) is 12.1 Å². The first-order chi connectivity index (χ1) is 9.04. The molecule has 19 heavy (non-hydrogen) atoms. The normalized spacial score (nSPS) is 20.8. The average Bonchev–Trinajstić information content (AvgIpc) is 2.32. The van der Waals surface area contributed by atoms with Gasteiger partial charge in [0.2, 0.25) is 0 Å². The van der Waals surface area contributed by atoms with Gasteiger partial charge in [-0.15, -0.1) is 0 Å². The topological polar surface area (TPSA) is 32.7 Å². The van der Waals surface area contributed by atoms with Gasteiger partial charge in [0.1, 0.15) is 5.75 Å². The van der Waals surface area contributed by atoms with Crippen LogP contribution in [0.15, 0.2) is 18.2 Å². The molecule has 1 heterocycles. The van der Waals surface area contributed by atoms with E-state index in [1.807, 2.05) is 4.90 Å². The summed E-state index contributed by atoms with van der Waals surface area (Å²) in [6.45, 7) is -1.04. The van der Waals surface area contributed by atoms with Crippen molar-refractivity contribution >= 4 is 11.6 Å². The highest BCUT2D eigenvalue weighted by Gasteiger charge is 2.19. The van der Waals surface area contributed by atoms with E-state index in [1.54, 1.807) is 6.07 Å². The highest BCUT2D eigenvalue weighted by atomic mass is 35.5. The number of rotatable bonds is 4. The number of halogens is 3. The summed E-state index contributed by atoms with van der Waals surface area (Å²) in [5.74, 6) is 0.138. The van der Waals surface area contributed by atoms with Gasteiger partial charge < -0.3 is 9.84 Å². The van der Waals surface area contributed by atoms with Crippen LogP contribution in [0.4, 0.5) is 8.78 Å². The van der Waals surface area contributed by atoms with Gasteiger partial charge in [0.15, 0.2) is 0 Å². The number of hydrogen-bond donors (Lipinski definition) is 1. The first-order valence-electron chi connectivity index (χ1n) is 6.18. The molecule has 2 rings (SSSR count). The summed E-state index contributed by atoms with van der Waals surface area (Å²) in [5, 5.41) is 10.1. The average molecular weight is 292 g/mol. The van der Waals surface area contributed by atoms with Crippen LogP contribution >= 0.6 is 11.6 Å². The second-order valence-corrected chi connectivity index (χ2v) is 5.10. The second-order valence-electron chi connectivity index (χ2n) is 4.66. The van der Waals surface area contributed by atoms with Gasteiger partial charge in [0.05, 0.1) is 6.10 Å².